The molecule has 9 heteroatoms. The summed E-state index contributed by atoms with van der Waals surface area (Å²) in [5.41, 5.74) is 2.31. The molecule has 0 unspecified atom stereocenters. The normalized spacial score (nSPS) is 14.1. The number of benzene rings is 1. The smallest absolute Gasteiger partial charge is 0.178 e. The van der Waals surface area contributed by atoms with Gasteiger partial charge in [0.15, 0.2) is 27.0 Å². The molecule has 1 fully saturated rings. The molecule has 4 rings (SSSR count). The summed E-state index contributed by atoms with van der Waals surface area (Å²) < 4.78 is 25.7. The Bertz CT molecular complexity index is 1160. The Morgan fingerprint density at radius 3 is 2.85 bits per heavy atom. The van der Waals surface area contributed by atoms with Crippen molar-refractivity contribution in [1.82, 2.24) is 14.6 Å². The highest BCUT2D eigenvalue weighted by atomic mass is 32.2. The van der Waals surface area contributed by atoms with Crippen molar-refractivity contribution in [2.24, 2.45) is 0 Å². The number of anilines is 3. The number of hydrogen-bond donors (Lipinski definition) is 2. The van der Waals surface area contributed by atoms with E-state index in [9.17, 15) is 13.7 Å². The molecule has 8 nitrogen and oxygen atoms in total. The highest BCUT2D eigenvalue weighted by Gasteiger charge is 2.23. The number of nitrogens with zero attached hydrogens (tertiary/aromatic N) is 4. The molecule has 0 aliphatic heterocycles. The van der Waals surface area contributed by atoms with Crippen LogP contribution in [0.1, 0.15) is 25.5 Å². The first kappa shape index (κ1) is 17.3. The van der Waals surface area contributed by atoms with Crippen LogP contribution in [-0.2, 0) is 9.84 Å². The molecule has 0 bridgehead atoms. The van der Waals surface area contributed by atoms with Gasteiger partial charge in [-0.15, -0.1) is 5.10 Å². The van der Waals surface area contributed by atoms with E-state index in [1.54, 1.807) is 31.2 Å². The van der Waals surface area contributed by atoms with Crippen LogP contribution in [0.3, 0.4) is 0 Å². The van der Waals surface area contributed by atoms with Crippen LogP contribution in [0.5, 0.6) is 0 Å². The molecule has 2 N–H and O–H groups in total. The second-order valence-corrected chi connectivity index (χ2v) is 8.69. The second kappa shape index (κ2) is 6.55. The van der Waals surface area contributed by atoms with Crippen LogP contribution in [0, 0.1) is 11.3 Å². The van der Waals surface area contributed by atoms with Crippen LogP contribution >= 0.6 is 0 Å². The van der Waals surface area contributed by atoms with Gasteiger partial charge in [-0.05, 0) is 31.0 Å². The van der Waals surface area contributed by atoms with Crippen LogP contribution in [-0.4, -0.2) is 34.8 Å². The third-order valence-electron chi connectivity index (χ3n) is 4.36. The van der Waals surface area contributed by atoms with E-state index in [4.69, 9.17) is 0 Å². The minimum Gasteiger partial charge on any atom is -0.379 e. The maximum absolute atomic E-state index is 12.1. The fourth-order valence-electron chi connectivity index (χ4n) is 2.74. The van der Waals surface area contributed by atoms with Gasteiger partial charge in [0.25, 0.3) is 0 Å². The predicted octanol–water partition coefficient (Wildman–Crippen LogP) is 2.71. The minimum absolute atomic E-state index is 0.0384. The van der Waals surface area contributed by atoms with Gasteiger partial charge in [0.2, 0.25) is 0 Å². The standard InChI is InChI=1S/C18H18N6O2S/c1-2-27(25,26)15-5-3-4-13(8-15)22-17-9-16(21-12-6-7-12)18-20-11-14(10-19)24(18)23-17/h3-5,8-9,11-12,21H,2,6-7H2,1H3,(H,22,23). The lowest BCUT2D eigenvalue weighted by molar-refractivity contribution is 0.597. The van der Waals surface area contributed by atoms with E-state index in [2.05, 4.69) is 26.8 Å². The van der Waals surface area contributed by atoms with Crippen molar-refractivity contribution in [3.8, 4) is 6.07 Å². The summed E-state index contributed by atoms with van der Waals surface area (Å²) in [7, 11) is -3.30. The molecule has 1 aromatic carbocycles. The van der Waals surface area contributed by atoms with Crippen molar-refractivity contribution in [3.05, 3.63) is 42.2 Å². The number of aromatic nitrogens is 3. The van der Waals surface area contributed by atoms with Crippen LogP contribution in [0.25, 0.3) is 5.65 Å². The van der Waals surface area contributed by atoms with Crippen LogP contribution < -0.4 is 10.6 Å². The Hall–Kier alpha value is -3.12. The van der Waals surface area contributed by atoms with Gasteiger partial charge in [-0.3, -0.25) is 0 Å². The molecule has 1 saturated carbocycles. The van der Waals surface area contributed by atoms with Gasteiger partial charge in [-0.2, -0.15) is 9.78 Å². The molecular formula is C18H18N6O2S. The topological polar surface area (TPSA) is 112 Å². The van der Waals surface area contributed by atoms with Gasteiger partial charge in [-0.1, -0.05) is 13.0 Å². The zero-order valence-corrected chi connectivity index (χ0v) is 15.5. The summed E-state index contributed by atoms with van der Waals surface area (Å²) in [5.74, 6) is 0.530. The maximum Gasteiger partial charge on any atom is 0.178 e. The fraction of sp³-hybridized carbons (Fsp3) is 0.278. The average molecular weight is 382 g/mol. The molecule has 0 saturated heterocycles. The number of nitriles is 1. The first-order valence-electron chi connectivity index (χ1n) is 8.65. The van der Waals surface area contributed by atoms with E-state index in [1.165, 1.54) is 10.7 Å². The SMILES string of the molecule is CCS(=O)(=O)c1cccc(Nc2cc(NC3CC3)c3ncc(C#N)n3n2)c1. The number of fused-ring (bicyclic) bond motifs is 1. The number of imidazole rings is 1. The van der Waals surface area contributed by atoms with E-state index in [0.717, 1.165) is 18.5 Å². The van der Waals surface area contributed by atoms with Crippen molar-refractivity contribution >= 4 is 32.7 Å². The van der Waals surface area contributed by atoms with E-state index in [0.29, 0.717) is 28.9 Å². The molecule has 3 aromatic rings. The Kier molecular flexibility index (Phi) is 4.20. The molecular weight excluding hydrogens is 364 g/mol. The summed E-state index contributed by atoms with van der Waals surface area (Å²) in [5, 5.41) is 20.3. The maximum atomic E-state index is 12.1. The zero-order chi connectivity index (χ0) is 19.0. The first-order valence-corrected chi connectivity index (χ1v) is 10.3. The second-order valence-electron chi connectivity index (χ2n) is 6.41. The van der Waals surface area contributed by atoms with Crippen molar-refractivity contribution in [2.45, 2.75) is 30.7 Å². The lowest BCUT2D eigenvalue weighted by atomic mass is 10.3. The molecule has 2 heterocycles. The van der Waals surface area contributed by atoms with E-state index in [1.807, 2.05) is 6.07 Å². The van der Waals surface area contributed by atoms with Crippen LogP contribution in [0.4, 0.5) is 17.2 Å². The molecule has 1 aliphatic rings. The molecule has 27 heavy (non-hydrogen) atoms. The highest BCUT2D eigenvalue weighted by molar-refractivity contribution is 7.91. The molecule has 0 radical (unpaired) electrons. The number of sulfone groups is 1. The summed E-state index contributed by atoms with van der Waals surface area (Å²) in [6, 6.07) is 10.9. The van der Waals surface area contributed by atoms with Crippen molar-refractivity contribution in [2.75, 3.05) is 16.4 Å². The third-order valence-corrected chi connectivity index (χ3v) is 6.10. The Balaban J connectivity index is 1.73. The summed E-state index contributed by atoms with van der Waals surface area (Å²) in [6.07, 6.45) is 3.68. The molecule has 2 aromatic heterocycles. The molecule has 0 atom stereocenters. The monoisotopic (exact) mass is 382 g/mol. The summed E-state index contributed by atoms with van der Waals surface area (Å²) in [6.45, 7) is 1.61. The summed E-state index contributed by atoms with van der Waals surface area (Å²) >= 11 is 0. The first-order chi connectivity index (χ1) is 13.0. The number of hydrogen-bond acceptors (Lipinski definition) is 7. The molecule has 1 aliphatic carbocycles. The number of nitrogens with one attached hydrogen (secondary N) is 2. The lowest BCUT2D eigenvalue weighted by Gasteiger charge is -2.12. The zero-order valence-electron chi connectivity index (χ0n) is 14.7. The van der Waals surface area contributed by atoms with Gasteiger partial charge in [0.1, 0.15) is 6.07 Å². The van der Waals surface area contributed by atoms with Crippen LogP contribution in [0.15, 0.2) is 41.4 Å². The average Bonchev–Trinajstić information content (AvgIpc) is 3.38. The Morgan fingerprint density at radius 2 is 2.15 bits per heavy atom. The van der Waals surface area contributed by atoms with Gasteiger partial charge in [-0.25, -0.2) is 13.4 Å². The highest BCUT2D eigenvalue weighted by Crippen LogP contribution is 2.29. The number of rotatable bonds is 6. The van der Waals surface area contributed by atoms with Crippen molar-refractivity contribution in [1.29, 1.82) is 5.26 Å². The largest absolute Gasteiger partial charge is 0.379 e. The Labute approximate surface area is 156 Å². The Morgan fingerprint density at radius 1 is 1.33 bits per heavy atom. The fourth-order valence-corrected chi connectivity index (χ4v) is 3.67. The quantitative estimate of drug-likeness (QED) is 0.674. The predicted molar refractivity (Wildman–Crippen MR) is 102 cm³/mol. The van der Waals surface area contributed by atoms with Crippen molar-refractivity contribution < 1.29 is 8.42 Å². The molecule has 0 spiro atoms. The minimum atomic E-state index is -3.30. The van der Waals surface area contributed by atoms with Gasteiger partial charge in [0.05, 0.1) is 22.5 Å². The summed E-state index contributed by atoms with van der Waals surface area (Å²) in [4.78, 5) is 4.54. The van der Waals surface area contributed by atoms with Gasteiger partial charge >= 0.3 is 0 Å². The van der Waals surface area contributed by atoms with E-state index < -0.39 is 9.84 Å². The van der Waals surface area contributed by atoms with E-state index >= 15 is 0 Å². The third kappa shape index (κ3) is 3.44. The van der Waals surface area contributed by atoms with E-state index in [-0.39, 0.29) is 10.6 Å². The lowest BCUT2D eigenvalue weighted by Crippen LogP contribution is -2.08. The van der Waals surface area contributed by atoms with Crippen molar-refractivity contribution in [3.63, 3.8) is 0 Å². The van der Waals surface area contributed by atoms with Gasteiger partial charge < -0.3 is 10.6 Å². The van der Waals surface area contributed by atoms with Crippen LogP contribution in [0.2, 0.25) is 0 Å². The molecule has 0 amide bonds. The molecule has 138 valence electrons. The van der Waals surface area contributed by atoms with Gasteiger partial charge in [0, 0.05) is 17.8 Å².